The maximum absolute atomic E-state index is 13.6. The lowest BCUT2D eigenvalue weighted by Gasteiger charge is -2.31. The number of hydrogen-bond donors (Lipinski definition) is 2. The minimum absolute atomic E-state index is 0.158. The summed E-state index contributed by atoms with van der Waals surface area (Å²) in [5, 5.41) is 5.43. The van der Waals surface area contributed by atoms with Gasteiger partial charge in [0.2, 0.25) is 15.9 Å². The van der Waals surface area contributed by atoms with Crippen molar-refractivity contribution >= 4 is 21.8 Å². The van der Waals surface area contributed by atoms with Crippen LogP contribution in [0.4, 0.5) is 4.39 Å². The van der Waals surface area contributed by atoms with Crippen LogP contribution in [0.2, 0.25) is 0 Å². The Labute approximate surface area is 194 Å². The van der Waals surface area contributed by atoms with Crippen LogP contribution in [0.1, 0.15) is 39.9 Å². The zero-order valence-corrected chi connectivity index (χ0v) is 20.0. The summed E-state index contributed by atoms with van der Waals surface area (Å²) in [6.07, 6.45) is 0.871. The Morgan fingerprint density at radius 1 is 0.970 bits per heavy atom. The van der Waals surface area contributed by atoms with Gasteiger partial charge in [-0.3, -0.25) is 9.59 Å². The second-order valence-corrected chi connectivity index (χ2v) is 10.4. The SMILES string of the molecule is Cc1ccc(S(=O)(=O)N2CCC(C(=O)NCCNC(=O)c3ccc(C)c(F)c3)CC2)c(C)c1. The fraction of sp³-hybridized carbons (Fsp3) is 0.417. The van der Waals surface area contributed by atoms with E-state index in [1.54, 1.807) is 38.1 Å². The van der Waals surface area contributed by atoms with Crippen LogP contribution >= 0.6 is 0 Å². The molecule has 1 saturated heterocycles. The molecule has 0 saturated carbocycles. The molecule has 0 aromatic heterocycles. The number of nitrogens with zero attached hydrogens (tertiary/aromatic N) is 1. The quantitative estimate of drug-likeness (QED) is 0.602. The lowest BCUT2D eigenvalue weighted by atomic mass is 9.97. The minimum Gasteiger partial charge on any atom is -0.354 e. The van der Waals surface area contributed by atoms with Crippen LogP contribution in [0.5, 0.6) is 0 Å². The van der Waals surface area contributed by atoms with Gasteiger partial charge < -0.3 is 10.6 Å². The van der Waals surface area contributed by atoms with Gasteiger partial charge in [-0.05, 0) is 62.9 Å². The fourth-order valence-corrected chi connectivity index (χ4v) is 5.60. The molecule has 178 valence electrons. The maximum Gasteiger partial charge on any atom is 0.251 e. The van der Waals surface area contributed by atoms with Crippen LogP contribution in [-0.2, 0) is 14.8 Å². The number of hydrogen-bond acceptors (Lipinski definition) is 4. The fourth-order valence-electron chi connectivity index (χ4n) is 3.93. The Morgan fingerprint density at radius 3 is 2.27 bits per heavy atom. The predicted octanol–water partition coefficient (Wildman–Crippen LogP) is 2.70. The normalized spacial score (nSPS) is 15.3. The third kappa shape index (κ3) is 5.97. The van der Waals surface area contributed by atoms with Crippen molar-refractivity contribution in [1.82, 2.24) is 14.9 Å². The molecule has 0 spiro atoms. The van der Waals surface area contributed by atoms with Gasteiger partial charge in [-0.2, -0.15) is 4.31 Å². The Bertz CT molecular complexity index is 1140. The van der Waals surface area contributed by atoms with Crippen LogP contribution in [-0.4, -0.2) is 50.7 Å². The molecule has 1 aliphatic rings. The van der Waals surface area contributed by atoms with Crippen molar-refractivity contribution in [3.8, 4) is 0 Å². The first-order valence-electron chi connectivity index (χ1n) is 11.0. The van der Waals surface area contributed by atoms with E-state index in [2.05, 4.69) is 10.6 Å². The largest absolute Gasteiger partial charge is 0.354 e. The first kappa shape index (κ1) is 24.9. The molecular weight excluding hydrogens is 445 g/mol. The first-order valence-corrected chi connectivity index (χ1v) is 12.4. The van der Waals surface area contributed by atoms with Crippen molar-refractivity contribution in [2.75, 3.05) is 26.2 Å². The van der Waals surface area contributed by atoms with Crippen LogP contribution in [0, 0.1) is 32.5 Å². The third-order valence-corrected chi connectivity index (χ3v) is 7.98. The summed E-state index contributed by atoms with van der Waals surface area (Å²) < 4.78 is 41.0. The Balaban J connectivity index is 1.44. The first-order chi connectivity index (χ1) is 15.6. The number of sulfonamides is 1. The highest BCUT2D eigenvalue weighted by atomic mass is 32.2. The highest BCUT2D eigenvalue weighted by molar-refractivity contribution is 7.89. The van der Waals surface area contributed by atoms with Gasteiger partial charge in [0.15, 0.2) is 0 Å². The zero-order valence-electron chi connectivity index (χ0n) is 19.2. The molecule has 2 N–H and O–H groups in total. The van der Waals surface area contributed by atoms with Crippen molar-refractivity contribution in [1.29, 1.82) is 0 Å². The van der Waals surface area contributed by atoms with Gasteiger partial charge in [0.1, 0.15) is 5.82 Å². The topological polar surface area (TPSA) is 95.6 Å². The zero-order chi connectivity index (χ0) is 24.2. The predicted molar refractivity (Wildman–Crippen MR) is 124 cm³/mol. The molecule has 2 aromatic rings. The van der Waals surface area contributed by atoms with E-state index >= 15 is 0 Å². The van der Waals surface area contributed by atoms with E-state index in [9.17, 15) is 22.4 Å². The van der Waals surface area contributed by atoms with Gasteiger partial charge in [0.05, 0.1) is 4.90 Å². The number of nitrogens with one attached hydrogen (secondary N) is 2. The Hall–Kier alpha value is -2.78. The average Bonchev–Trinajstić information content (AvgIpc) is 2.78. The van der Waals surface area contributed by atoms with E-state index in [0.29, 0.717) is 28.9 Å². The molecule has 1 heterocycles. The van der Waals surface area contributed by atoms with Crippen molar-refractivity contribution < 1.29 is 22.4 Å². The van der Waals surface area contributed by atoms with Gasteiger partial charge in [-0.1, -0.05) is 23.8 Å². The summed E-state index contributed by atoms with van der Waals surface area (Å²) in [6, 6.07) is 9.54. The number of piperidine rings is 1. The van der Waals surface area contributed by atoms with E-state index in [-0.39, 0.29) is 43.6 Å². The number of aryl methyl sites for hydroxylation is 3. The van der Waals surface area contributed by atoms with Gasteiger partial charge in [-0.25, -0.2) is 12.8 Å². The molecule has 0 radical (unpaired) electrons. The van der Waals surface area contributed by atoms with E-state index in [4.69, 9.17) is 0 Å². The molecule has 7 nitrogen and oxygen atoms in total. The Morgan fingerprint density at radius 2 is 1.64 bits per heavy atom. The second-order valence-electron chi connectivity index (χ2n) is 8.46. The number of carbonyl (C=O) groups excluding carboxylic acids is 2. The molecule has 0 bridgehead atoms. The minimum atomic E-state index is -3.59. The summed E-state index contributed by atoms with van der Waals surface area (Å²) in [7, 11) is -3.59. The van der Waals surface area contributed by atoms with Gasteiger partial charge >= 0.3 is 0 Å². The molecule has 0 atom stereocenters. The summed E-state index contributed by atoms with van der Waals surface area (Å²) in [4.78, 5) is 24.9. The monoisotopic (exact) mass is 475 g/mol. The number of rotatable bonds is 7. The molecule has 9 heteroatoms. The van der Waals surface area contributed by atoms with Crippen LogP contribution in [0.3, 0.4) is 0 Å². The summed E-state index contributed by atoms with van der Waals surface area (Å²) in [5.74, 6) is -1.29. The molecule has 3 rings (SSSR count). The number of benzene rings is 2. The van der Waals surface area contributed by atoms with Crippen molar-refractivity contribution in [2.24, 2.45) is 5.92 Å². The molecule has 2 amide bonds. The van der Waals surface area contributed by atoms with E-state index in [1.807, 2.05) is 13.0 Å². The number of amides is 2. The number of carbonyl (C=O) groups is 2. The second kappa shape index (κ2) is 10.4. The molecule has 0 unspecified atom stereocenters. The van der Waals surface area contributed by atoms with Gasteiger partial charge in [0.25, 0.3) is 5.91 Å². The van der Waals surface area contributed by atoms with Crippen molar-refractivity contribution in [3.05, 3.63) is 64.5 Å². The molecule has 33 heavy (non-hydrogen) atoms. The van der Waals surface area contributed by atoms with E-state index in [1.165, 1.54) is 10.4 Å². The summed E-state index contributed by atoms with van der Waals surface area (Å²) in [6.45, 7) is 6.33. The van der Waals surface area contributed by atoms with Crippen molar-refractivity contribution in [3.63, 3.8) is 0 Å². The molecule has 1 aliphatic heterocycles. The van der Waals surface area contributed by atoms with Crippen molar-refractivity contribution in [2.45, 2.75) is 38.5 Å². The molecule has 2 aromatic carbocycles. The Kier molecular flexibility index (Phi) is 7.86. The highest BCUT2D eigenvalue weighted by Crippen LogP contribution is 2.26. The van der Waals surface area contributed by atoms with Crippen LogP contribution < -0.4 is 10.6 Å². The molecule has 0 aliphatic carbocycles. The van der Waals surface area contributed by atoms with Gasteiger partial charge in [0, 0.05) is 37.7 Å². The molecule has 1 fully saturated rings. The number of halogens is 1. The molecular formula is C24H30FN3O4S. The standard InChI is InChI=1S/C24H30FN3O4S/c1-16-4-7-22(18(3)14-16)33(31,32)28-12-8-19(9-13-28)23(29)26-10-11-27-24(30)20-6-5-17(2)21(25)15-20/h4-7,14-15,19H,8-13H2,1-3H3,(H,26,29)(H,27,30). The van der Waals surface area contributed by atoms with E-state index in [0.717, 1.165) is 5.56 Å². The smallest absolute Gasteiger partial charge is 0.251 e. The van der Waals surface area contributed by atoms with Crippen LogP contribution in [0.25, 0.3) is 0 Å². The maximum atomic E-state index is 13.6. The summed E-state index contributed by atoms with van der Waals surface area (Å²) in [5.41, 5.74) is 2.41. The summed E-state index contributed by atoms with van der Waals surface area (Å²) >= 11 is 0. The lowest BCUT2D eigenvalue weighted by molar-refractivity contribution is -0.126. The van der Waals surface area contributed by atoms with Crippen LogP contribution in [0.15, 0.2) is 41.3 Å². The van der Waals surface area contributed by atoms with E-state index < -0.39 is 21.7 Å². The van der Waals surface area contributed by atoms with Gasteiger partial charge in [-0.15, -0.1) is 0 Å². The lowest BCUT2D eigenvalue weighted by Crippen LogP contribution is -2.44. The average molecular weight is 476 g/mol. The third-order valence-electron chi connectivity index (χ3n) is 5.92. The highest BCUT2D eigenvalue weighted by Gasteiger charge is 2.32.